The monoisotopic (exact) mass is 441 g/mol. The van der Waals surface area contributed by atoms with Crippen molar-refractivity contribution in [3.05, 3.63) is 111 Å². The molecule has 0 bridgehead atoms. The Morgan fingerprint density at radius 2 is 1.69 bits per heavy atom. The largest absolute Gasteiger partial charge is 0.463 e. The van der Waals surface area contributed by atoms with Gasteiger partial charge in [0.25, 0.3) is 5.91 Å². The van der Waals surface area contributed by atoms with Crippen molar-refractivity contribution in [1.82, 2.24) is 0 Å². The van der Waals surface area contributed by atoms with E-state index in [-0.39, 0.29) is 22.6 Å². The predicted molar refractivity (Wildman–Crippen MR) is 126 cm³/mol. The van der Waals surface area contributed by atoms with Gasteiger partial charge in [0.1, 0.15) is 11.8 Å². The maximum atomic E-state index is 13.2. The maximum Gasteiger partial charge on any atom is 0.279 e. The van der Waals surface area contributed by atoms with Gasteiger partial charge in [0, 0.05) is 10.6 Å². The zero-order valence-electron chi connectivity index (χ0n) is 16.7. The van der Waals surface area contributed by atoms with Crippen molar-refractivity contribution in [2.75, 3.05) is 4.90 Å². The van der Waals surface area contributed by atoms with E-state index in [9.17, 15) is 9.59 Å². The first-order valence-electron chi connectivity index (χ1n) is 9.90. The summed E-state index contributed by atoms with van der Waals surface area (Å²) >= 11 is 6.29. The van der Waals surface area contributed by atoms with Gasteiger partial charge in [-0.25, -0.2) is 0 Å². The lowest BCUT2D eigenvalue weighted by Gasteiger charge is -2.17. The fourth-order valence-electron chi connectivity index (χ4n) is 3.64. The predicted octanol–water partition coefficient (Wildman–Crippen LogP) is 4.82. The molecule has 6 nitrogen and oxygen atoms in total. The summed E-state index contributed by atoms with van der Waals surface area (Å²) in [6.07, 6.45) is 2.64. The van der Waals surface area contributed by atoms with Crippen LogP contribution in [-0.4, -0.2) is 17.8 Å². The van der Waals surface area contributed by atoms with E-state index in [1.54, 1.807) is 35.2 Å². The van der Waals surface area contributed by atoms with Crippen molar-refractivity contribution in [1.29, 1.82) is 0 Å². The summed E-state index contributed by atoms with van der Waals surface area (Å²) in [4.78, 5) is 27.4. The molecule has 3 aromatic carbocycles. The van der Waals surface area contributed by atoms with E-state index >= 15 is 0 Å². The first kappa shape index (κ1) is 19.9. The number of hydrogen-bond acceptors (Lipinski definition) is 5. The van der Waals surface area contributed by atoms with Crippen molar-refractivity contribution in [2.45, 2.75) is 6.54 Å². The van der Waals surface area contributed by atoms with Crippen LogP contribution in [0, 0.1) is 0 Å². The summed E-state index contributed by atoms with van der Waals surface area (Å²) in [6, 6.07) is 21.7. The zero-order chi connectivity index (χ0) is 22.1. The summed E-state index contributed by atoms with van der Waals surface area (Å²) in [5.74, 6) is -0.284. The lowest BCUT2D eigenvalue weighted by molar-refractivity contribution is -0.112. The number of amides is 1. The fourth-order valence-corrected chi connectivity index (χ4v) is 3.84. The molecule has 1 aliphatic rings. The molecule has 0 radical (unpaired) electrons. The summed E-state index contributed by atoms with van der Waals surface area (Å²) in [5.41, 5.74) is 2.97. The lowest BCUT2D eigenvalue weighted by Crippen LogP contribution is -2.29. The van der Waals surface area contributed by atoms with Gasteiger partial charge in [0.2, 0.25) is 5.43 Å². The topological polar surface area (TPSA) is 75.2 Å². The fraction of sp³-hybridized carbons (Fsp3) is 0.0400. The van der Waals surface area contributed by atoms with Crippen molar-refractivity contribution in [3.63, 3.8) is 0 Å². The van der Waals surface area contributed by atoms with Gasteiger partial charge < -0.3 is 9.32 Å². The van der Waals surface area contributed by atoms with Crippen LogP contribution in [0.15, 0.2) is 98.5 Å². The quantitative estimate of drug-likeness (QED) is 0.336. The van der Waals surface area contributed by atoms with Crippen LogP contribution in [0.25, 0.3) is 11.0 Å². The van der Waals surface area contributed by atoms with Gasteiger partial charge >= 0.3 is 0 Å². The van der Waals surface area contributed by atoms with Crippen molar-refractivity contribution >= 4 is 46.1 Å². The third-order valence-electron chi connectivity index (χ3n) is 5.25. The van der Waals surface area contributed by atoms with Crippen molar-refractivity contribution in [3.8, 4) is 0 Å². The number of hydrogen-bond donors (Lipinski definition) is 0. The Kier molecular flexibility index (Phi) is 5.13. The minimum Gasteiger partial charge on any atom is -0.463 e. The highest BCUT2D eigenvalue weighted by atomic mass is 35.5. The van der Waals surface area contributed by atoms with Gasteiger partial charge in [-0.1, -0.05) is 60.1 Å². The van der Waals surface area contributed by atoms with E-state index in [4.69, 9.17) is 16.0 Å². The van der Waals surface area contributed by atoms with Crippen LogP contribution in [0.3, 0.4) is 0 Å². The van der Waals surface area contributed by atoms with Gasteiger partial charge in [-0.2, -0.15) is 5.10 Å². The first-order chi connectivity index (χ1) is 15.6. The number of anilines is 1. The highest BCUT2D eigenvalue weighted by molar-refractivity contribution is 6.54. The van der Waals surface area contributed by atoms with Crippen LogP contribution in [0.2, 0.25) is 5.02 Å². The molecule has 0 fully saturated rings. The number of fused-ring (bicyclic) bond motifs is 2. The number of rotatable bonds is 4. The smallest absolute Gasteiger partial charge is 0.279 e. The van der Waals surface area contributed by atoms with E-state index in [2.05, 4.69) is 10.2 Å². The van der Waals surface area contributed by atoms with Crippen LogP contribution < -0.4 is 10.3 Å². The first-order valence-corrected chi connectivity index (χ1v) is 10.3. The second-order valence-electron chi connectivity index (χ2n) is 7.21. The number of carbonyl (C=O) groups excluding carboxylic acids is 1. The lowest BCUT2D eigenvalue weighted by atomic mass is 10.1. The highest BCUT2D eigenvalue weighted by Gasteiger charge is 2.34. The normalized spacial score (nSPS) is 14.6. The molecule has 1 aliphatic heterocycles. The molecular formula is C25H16ClN3O3. The SMILES string of the molecule is O=C1/C(=N\N=C\c2coc3ccccc3c2=O)c2ccccc2N1Cc1ccccc1Cl. The maximum absolute atomic E-state index is 13.2. The van der Waals surface area contributed by atoms with E-state index < -0.39 is 0 Å². The molecular weight excluding hydrogens is 426 g/mol. The molecule has 0 atom stereocenters. The molecule has 1 amide bonds. The number of halogens is 1. The number of para-hydroxylation sites is 2. The average Bonchev–Trinajstić information content (AvgIpc) is 3.08. The summed E-state index contributed by atoms with van der Waals surface area (Å²) in [5, 5.41) is 9.23. The van der Waals surface area contributed by atoms with Gasteiger partial charge in [-0.3, -0.25) is 9.59 Å². The molecule has 5 rings (SSSR count). The summed E-state index contributed by atoms with van der Waals surface area (Å²) in [7, 11) is 0. The Morgan fingerprint density at radius 1 is 0.938 bits per heavy atom. The molecule has 0 saturated carbocycles. The number of nitrogens with zero attached hydrogens (tertiary/aromatic N) is 3. The van der Waals surface area contributed by atoms with Crippen LogP contribution in [0.5, 0.6) is 0 Å². The highest BCUT2D eigenvalue weighted by Crippen LogP contribution is 2.31. The average molecular weight is 442 g/mol. The van der Waals surface area contributed by atoms with E-state index in [1.807, 2.05) is 42.5 Å². The third kappa shape index (κ3) is 3.50. The zero-order valence-corrected chi connectivity index (χ0v) is 17.5. The minimum atomic E-state index is -0.284. The Balaban J connectivity index is 1.49. The van der Waals surface area contributed by atoms with E-state index in [0.29, 0.717) is 28.1 Å². The Hall–Kier alpha value is -4.03. The Morgan fingerprint density at radius 3 is 2.56 bits per heavy atom. The van der Waals surface area contributed by atoms with E-state index in [0.717, 1.165) is 11.3 Å². The summed E-state index contributed by atoms with van der Waals surface area (Å²) in [6.45, 7) is 0.312. The van der Waals surface area contributed by atoms with Gasteiger partial charge in [0.05, 0.1) is 29.4 Å². The second-order valence-corrected chi connectivity index (χ2v) is 7.62. The number of carbonyl (C=O) groups is 1. The molecule has 0 unspecified atom stereocenters. The second kappa shape index (κ2) is 8.24. The molecule has 0 saturated heterocycles. The Labute approximate surface area is 188 Å². The molecule has 32 heavy (non-hydrogen) atoms. The van der Waals surface area contributed by atoms with Crippen molar-refractivity contribution in [2.24, 2.45) is 10.2 Å². The van der Waals surface area contributed by atoms with Crippen LogP contribution >= 0.6 is 11.6 Å². The molecule has 0 spiro atoms. The van der Waals surface area contributed by atoms with Crippen LogP contribution in [0.4, 0.5) is 5.69 Å². The van der Waals surface area contributed by atoms with Crippen LogP contribution in [0.1, 0.15) is 16.7 Å². The molecule has 156 valence electrons. The van der Waals surface area contributed by atoms with Crippen LogP contribution in [-0.2, 0) is 11.3 Å². The molecule has 7 heteroatoms. The standard InChI is InChI=1S/C25H16ClN3O3/c26-20-10-4-1-7-16(20)14-29-21-11-5-2-8-18(21)23(25(29)31)28-27-13-17-15-32-22-12-6-3-9-19(22)24(17)30/h1-13,15H,14H2/b27-13+,28-23-. The Bertz CT molecular complexity index is 1470. The molecule has 0 N–H and O–H groups in total. The third-order valence-corrected chi connectivity index (χ3v) is 5.61. The molecule has 4 aromatic rings. The molecule has 1 aromatic heterocycles. The number of benzene rings is 3. The molecule has 0 aliphatic carbocycles. The summed E-state index contributed by atoms with van der Waals surface area (Å²) < 4.78 is 5.49. The van der Waals surface area contributed by atoms with Gasteiger partial charge in [0.15, 0.2) is 5.71 Å². The van der Waals surface area contributed by atoms with Gasteiger partial charge in [-0.05, 0) is 29.8 Å². The minimum absolute atomic E-state index is 0.203. The van der Waals surface area contributed by atoms with Gasteiger partial charge in [-0.15, -0.1) is 5.10 Å². The van der Waals surface area contributed by atoms with Crippen molar-refractivity contribution < 1.29 is 9.21 Å². The molecule has 2 heterocycles. The van der Waals surface area contributed by atoms with E-state index in [1.165, 1.54) is 12.5 Å².